The first kappa shape index (κ1) is 16.9. The molecular formula is C17H27BrN2O. The minimum absolute atomic E-state index is 0.266. The van der Waals surface area contributed by atoms with Crippen LogP contribution in [0.15, 0.2) is 22.7 Å². The van der Waals surface area contributed by atoms with Gasteiger partial charge in [-0.05, 0) is 49.8 Å². The molecule has 1 saturated carbocycles. The van der Waals surface area contributed by atoms with E-state index < -0.39 is 0 Å². The van der Waals surface area contributed by atoms with E-state index in [1.54, 1.807) is 7.11 Å². The van der Waals surface area contributed by atoms with Gasteiger partial charge >= 0.3 is 0 Å². The second kappa shape index (κ2) is 7.73. The highest BCUT2D eigenvalue weighted by Gasteiger charge is 2.35. The highest BCUT2D eigenvalue weighted by atomic mass is 79.9. The largest absolute Gasteiger partial charge is 0.383 e. The minimum Gasteiger partial charge on any atom is -0.383 e. The summed E-state index contributed by atoms with van der Waals surface area (Å²) in [7, 11) is 1.77. The Balaban J connectivity index is 2.22. The fourth-order valence-electron chi connectivity index (χ4n) is 3.03. The van der Waals surface area contributed by atoms with Crippen LogP contribution in [0.25, 0.3) is 0 Å². The van der Waals surface area contributed by atoms with E-state index in [4.69, 9.17) is 10.5 Å². The number of methoxy groups -OCH3 is 1. The molecule has 3 nitrogen and oxygen atoms in total. The maximum atomic E-state index is 6.13. The summed E-state index contributed by atoms with van der Waals surface area (Å²) in [4.78, 5) is 2.53. The summed E-state index contributed by atoms with van der Waals surface area (Å²) in [5.74, 6) is 0.826. The second-order valence-corrected chi connectivity index (χ2v) is 6.92. The average molecular weight is 355 g/mol. The molecule has 0 heterocycles. The van der Waals surface area contributed by atoms with Crippen molar-refractivity contribution in [1.29, 1.82) is 0 Å². The van der Waals surface area contributed by atoms with Crippen LogP contribution in [-0.2, 0) is 4.74 Å². The van der Waals surface area contributed by atoms with Gasteiger partial charge < -0.3 is 10.5 Å². The Bertz CT molecular complexity index is 462. The van der Waals surface area contributed by atoms with Gasteiger partial charge in [-0.25, -0.2) is 0 Å². The molecule has 2 rings (SSSR count). The molecule has 1 aliphatic rings. The number of aryl methyl sites for hydroxylation is 1. The molecule has 0 amide bonds. The van der Waals surface area contributed by atoms with Gasteiger partial charge in [0.25, 0.3) is 0 Å². The van der Waals surface area contributed by atoms with E-state index in [2.05, 4.69) is 52.9 Å². The molecule has 1 aromatic rings. The maximum absolute atomic E-state index is 6.13. The summed E-state index contributed by atoms with van der Waals surface area (Å²) in [5, 5.41) is 0. The average Bonchev–Trinajstić information content (AvgIpc) is 3.30. The van der Waals surface area contributed by atoms with Crippen molar-refractivity contribution in [3.63, 3.8) is 0 Å². The van der Waals surface area contributed by atoms with E-state index in [1.807, 2.05) is 0 Å². The third kappa shape index (κ3) is 4.28. The smallest absolute Gasteiger partial charge is 0.0590 e. The predicted octanol–water partition coefficient (Wildman–Crippen LogP) is 3.50. The van der Waals surface area contributed by atoms with E-state index in [1.165, 1.54) is 24.0 Å². The van der Waals surface area contributed by atoms with Gasteiger partial charge in [-0.2, -0.15) is 0 Å². The minimum atomic E-state index is 0.266. The molecule has 4 heteroatoms. The molecule has 0 radical (unpaired) electrons. The van der Waals surface area contributed by atoms with E-state index in [-0.39, 0.29) is 6.04 Å². The van der Waals surface area contributed by atoms with Gasteiger partial charge in [0.2, 0.25) is 0 Å². The molecule has 2 unspecified atom stereocenters. The van der Waals surface area contributed by atoms with Gasteiger partial charge in [0, 0.05) is 36.8 Å². The highest BCUT2D eigenvalue weighted by Crippen LogP contribution is 2.38. The summed E-state index contributed by atoms with van der Waals surface area (Å²) in [6, 6.07) is 7.40. The van der Waals surface area contributed by atoms with Crippen molar-refractivity contribution in [3.8, 4) is 0 Å². The summed E-state index contributed by atoms with van der Waals surface area (Å²) in [5.41, 5.74) is 8.70. The van der Waals surface area contributed by atoms with Gasteiger partial charge in [-0.15, -0.1) is 0 Å². The molecule has 1 fully saturated rings. The molecule has 0 spiro atoms. The third-order valence-corrected chi connectivity index (χ3v) is 5.46. The number of halogens is 1. The first-order valence-corrected chi connectivity index (χ1v) is 8.58. The van der Waals surface area contributed by atoms with Crippen molar-refractivity contribution in [2.75, 3.05) is 26.8 Å². The molecular weight excluding hydrogens is 328 g/mol. The summed E-state index contributed by atoms with van der Waals surface area (Å²) < 4.78 is 6.46. The fourth-order valence-corrected chi connectivity index (χ4v) is 3.27. The summed E-state index contributed by atoms with van der Waals surface area (Å²) >= 11 is 3.58. The first-order valence-electron chi connectivity index (χ1n) is 7.79. The Kier molecular flexibility index (Phi) is 6.23. The third-order valence-electron chi connectivity index (χ3n) is 4.57. The number of rotatable bonds is 8. The molecule has 0 bridgehead atoms. The first-order chi connectivity index (χ1) is 10.1. The zero-order chi connectivity index (χ0) is 15.4. The van der Waals surface area contributed by atoms with Crippen molar-refractivity contribution in [1.82, 2.24) is 4.90 Å². The normalized spacial score (nSPS) is 18.0. The Morgan fingerprint density at radius 2 is 2.14 bits per heavy atom. The van der Waals surface area contributed by atoms with Crippen LogP contribution in [0, 0.1) is 12.8 Å². The Morgan fingerprint density at radius 3 is 2.67 bits per heavy atom. The van der Waals surface area contributed by atoms with Crippen molar-refractivity contribution >= 4 is 15.9 Å². The van der Waals surface area contributed by atoms with Crippen LogP contribution in [0.2, 0.25) is 0 Å². The lowest BCUT2D eigenvalue weighted by Gasteiger charge is -2.36. The zero-order valence-corrected chi connectivity index (χ0v) is 14.9. The summed E-state index contributed by atoms with van der Waals surface area (Å²) in [6.45, 7) is 6.79. The van der Waals surface area contributed by atoms with E-state index in [9.17, 15) is 0 Å². The van der Waals surface area contributed by atoms with Crippen LogP contribution in [0.4, 0.5) is 0 Å². The van der Waals surface area contributed by atoms with Gasteiger partial charge in [0.05, 0.1) is 6.61 Å². The molecule has 1 aromatic carbocycles. The topological polar surface area (TPSA) is 38.5 Å². The molecule has 1 aliphatic carbocycles. The Hall–Kier alpha value is -0.420. The molecule has 0 saturated heterocycles. The molecule has 2 atom stereocenters. The van der Waals surface area contributed by atoms with Gasteiger partial charge in [-0.1, -0.05) is 28.1 Å². The van der Waals surface area contributed by atoms with Gasteiger partial charge in [0.15, 0.2) is 0 Å². The monoisotopic (exact) mass is 354 g/mol. The van der Waals surface area contributed by atoms with E-state index >= 15 is 0 Å². The zero-order valence-electron chi connectivity index (χ0n) is 13.3. The van der Waals surface area contributed by atoms with E-state index in [0.29, 0.717) is 12.6 Å². The number of nitrogens with two attached hydrogens (primary N) is 1. The Labute approximate surface area is 137 Å². The summed E-state index contributed by atoms with van der Waals surface area (Å²) in [6.07, 6.45) is 2.70. The van der Waals surface area contributed by atoms with Crippen molar-refractivity contribution in [2.24, 2.45) is 11.7 Å². The fraction of sp³-hybridized carbons (Fsp3) is 0.647. The molecule has 0 aromatic heterocycles. The van der Waals surface area contributed by atoms with Crippen LogP contribution in [-0.4, -0.2) is 37.7 Å². The number of hydrogen-bond donors (Lipinski definition) is 1. The molecule has 0 aliphatic heterocycles. The predicted molar refractivity (Wildman–Crippen MR) is 91.4 cm³/mol. The highest BCUT2D eigenvalue weighted by molar-refractivity contribution is 9.10. The van der Waals surface area contributed by atoms with Crippen LogP contribution in [0.3, 0.4) is 0 Å². The molecule has 118 valence electrons. The second-order valence-electron chi connectivity index (χ2n) is 6.07. The lowest BCUT2D eigenvalue weighted by atomic mass is 10.00. The van der Waals surface area contributed by atoms with Gasteiger partial charge in [-0.3, -0.25) is 4.90 Å². The number of benzene rings is 1. The van der Waals surface area contributed by atoms with Crippen LogP contribution < -0.4 is 5.73 Å². The van der Waals surface area contributed by atoms with Crippen LogP contribution in [0.1, 0.15) is 36.9 Å². The van der Waals surface area contributed by atoms with Crippen LogP contribution in [0.5, 0.6) is 0 Å². The number of hydrogen-bond acceptors (Lipinski definition) is 3. The lowest BCUT2D eigenvalue weighted by molar-refractivity contribution is 0.0834. The van der Waals surface area contributed by atoms with Crippen molar-refractivity contribution in [2.45, 2.75) is 38.8 Å². The van der Waals surface area contributed by atoms with Gasteiger partial charge in [0.1, 0.15) is 0 Å². The van der Waals surface area contributed by atoms with Crippen LogP contribution >= 0.6 is 15.9 Å². The molecule has 2 N–H and O–H groups in total. The van der Waals surface area contributed by atoms with Crippen molar-refractivity contribution in [3.05, 3.63) is 33.8 Å². The molecule has 21 heavy (non-hydrogen) atoms. The maximum Gasteiger partial charge on any atom is 0.0590 e. The van der Waals surface area contributed by atoms with Crippen molar-refractivity contribution < 1.29 is 4.74 Å². The standard InChI is InChI=1S/C17H27BrN2O/c1-12-10-15(6-7-16(12)18)17(11-19)20(8-9-21-3)13(2)14-4-5-14/h6-7,10,13-14,17H,4-5,8-9,11,19H2,1-3H3. The van der Waals surface area contributed by atoms with E-state index in [0.717, 1.165) is 23.5 Å². The SMILES string of the molecule is COCCN(C(CN)c1ccc(Br)c(C)c1)C(C)C1CC1. The Morgan fingerprint density at radius 1 is 1.43 bits per heavy atom. The number of ether oxygens (including phenoxy) is 1. The number of nitrogens with zero attached hydrogens (tertiary/aromatic N) is 1. The lowest BCUT2D eigenvalue weighted by Crippen LogP contribution is -2.43. The quantitative estimate of drug-likeness (QED) is 0.776.